The highest BCUT2D eigenvalue weighted by molar-refractivity contribution is 6.21. The van der Waals surface area contributed by atoms with Crippen molar-refractivity contribution in [3.63, 3.8) is 0 Å². The number of fused-ring (bicyclic) bond motifs is 1. The number of ether oxygens (including phenoxy) is 2. The number of non-ortho nitro benzene ring substituents is 1. The number of amides is 2. The number of hydrogen-bond acceptors (Lipinski definition) is 9. The molecule has 0 saturated carbocycles. The minimum atomic E-state index is -0.647. The maximum atomic E-state index is 13.1. The third kappa shape index (κ3) is 7.52. The standard InChI is InChI=1S/C44H42N4O7/c1-29-40(27-45-20-22-46(23-21-45)36-16-18-37(19-17-36)48(52)53)54-44(55-41(29)32-14-12-30(28-49)13-15-32)35-9-5-8-34(25-35)33-7-4-6-31(24-33)26-47-42(50)38-10-2-3-11-39(38)43(47)51/h2-19,24-25,29,40-41,44,49H,20-23,26-28H2,1H3/t29-,40+,41+,44+/m0/s1. The molecule has 5 aromatic carbocycles. The second kappa shape index (κ2) is 15.6. The minimum absolute atomic E-state index is 0.0194. The highest BCUT2D eigenvalue weighted by atomic mass is 16.7. The van der Waals surface area contributed by atoms with E-state index < -0.39 is 6.29 Å². The molecule has 11 heteroatoms. The fourth-order valence-corrected chi connectivity index (χ4v) is 7.84. The molecule has 11 nitrogen and oxygen atoms in total. The van der Waals surface area contributed by atoms with Crippen molar-refractivity contribution in [2.45, 2.75) is 38.6 Å². The molecule has 0 unspecified atom stereocenters. The Balaban J connectivity index is 1.00. The van der Waals surface area contributed by atoms with E-state index in [0.29, 0.717) is 17.7 Å². The molecule has 8 rings (SSSR count). The van der Waals surface area contributed by atoms with E-state index in [0.717, 1.165) is 65.2 Å². The Labute approximate surface area is 319 Å². The van der Waals surface area contributed by atoms with Crippen LogP contribution in [0.5, 0.6) is 0 Å². The molecule has 280 valence electrons. The molecule has 0 aromatic heterocycles. The number of anilines is 1. The number of benzene rings is 5. The smallest absolute Gasteiger partial charge is 0.269 e. The van der Waals surface area contributed by atoms with Gasteiger partial charge in [0.2, 0.25) is 0 Å². The zero-order valence-corrected chi connectivity index (χ0v) is 30.5. The van der Waals surface area contributed by atoms with Crippen molar-refractivity contribution in [2.75, 3.05) is 37.6 Å². The van der Waals surface area contributed by atoms with E-state index >= 15 is 0 Å². The number of nitrogens with zero attached hydrogens (tertiary/aromatic N) is 4. The molecule has 2 fully saturated rings. The number of carbonyl (C=O) groups is 2. The van der Waals surface area contributed by atoms with Crippen LogP contribution in [0.15, 0.2) is 121 Å². The van der Waals surface area contributed by atoms with Gasteiger partial charge in [-0.25, -0.2) is 0 Å². The summed E-state index contributed by atoms with van der Waals surface area (Å²) in [5, 5.41) is 20.8. The van der Waals surface area contributed by atoms with E-state index in [1.165, 1.54) is 4.90 Å². The quantitative estimate of drug-likeness (QED) is 0.0903. The lowest BCUT2D eigenvalue weighted by Crippen LogP contribution is -2.51. The third-order valence-electron chi connectivity index (χ3n) is 11.0. The van der Waals surface area contributed by atoms with Crippen molar-refractivity contribution >= 4 is 23.2 Å². The number of aliphatic hydroxyl groups excluding tert-OH is 1. The molecule has 4 atom stereocenters. The van der Waals surface area contributed by atoms with Crippen molar-refractivity contribution in [1.29, 1.82) is 0 Å². The normalized spacial score (nSPS) is 21.5. The first-order chi connectivity index (χ1) is 26.7. The largest absolute Gasteiger partial charge is 0.392 e. The van der Waals surface area contributed by atoms with Crippen molar-refractivity contribution < 1.29 is 29.1 Å². The van der Waals surface area contributed by atoms with Crippen molar-refractivity contribution in [2.24, 2.45) is 5.92 Å². The number of nitro benzene ring substituents is 1. The molecule has 0 aliphatic carbocycles. The molecule has 2 saturated heterocycles. The van der Waals surface area contributed by atoms with E-state index in [1.807, 2.05) is 78.9 Å². The summed E-state index contributed by atoms with van der Waals surface area (Å²) >= 11 is 0. The number of hydrogen-bond donors (Lipinski definition) is 1. The van der Waals surface area contributed by atoms with Crippen LogP contribution in [0.2, 0.25) is 0 Å². The van der Waals surface area contributed by atoms with Gasteiger partial charge < -0.3 is 19.5 Å². The maximum absolute atomic E-state index is 13.1. The van der Waals surface area contributed by atoms with Crippen LogP contribution in [0.25, 0.3) is 11.1 Å². The lowest BCUT2D eigenvalue weighted by molar-refractivity contribution is -0.384. The summed E-state index contributed by atoms with van der Waals surface area (Å²) in [6.45, 7) is 6.23. The summed E-state index contributed by atoms with van der Waals surface area (Å²) in [6.07, 6.45) is -1.06. The molecular weight excluding hydrogens is 697 g/mol. The summed E-state index contributed by atoms with van der Waals surface area (Å²) in [6, 6.07) is 37.5. The Morgan fingerprint density at radius 1 is 0.727 bits per heavy atom. The number of piperazine rings is 1. The highest BCUT2D eigenvalue weighted by Gasteiger charge is 2.40. The maximum Gasteiger partial charge on any atom is 0.269 e. The molecule has 2 amide bonds. The van der Waals surface area contributed by atoms with Crippen LogP contribution in [0.4, 0.5) is 11.4 Å². The zero-order valence-electron chi connectivity index (χ0n) is 30.5. The van der Waals surface area contributed by atoms with Gasteiger partial charge in [0, 0.05) is 62.0 Å². The fourth-order valence-electron chi connectivity index (χ4n) is 7.84. The number of imide groups is 1. The van der Waals surface area contributed by atoms with Crippen LogP contribution < -0.4 is 4.90 Å². The van der Waals surface area contributed by atoms with Crippen LogP contribution in [-0.2, 0) is 22.6 Å². The van der Waals surface area contributed by atoms with Crippen LogP contribution in [0.1, 0.15) is 62.3 Å². The molecule has 3 heterocycles. The summed E-state index contributed by atoms with van der Waals surface area (Å²) in [5.41, 5.74) is 7.39. The van der Waals surface area contributed by atoms with E-state index in [9.17, 15) is 24.8 Å². The predicted octanol–water partition coefficient (Wildman–Crippen LogP) is 7.16. The molecule has 1 N–H and O–H groups in total. The van der Waals surface area contributed by atoms with Gasteiger partial charge >= 0.3 is 0 Å². The van der Waals surface area contributed by atoms with Crippen LogP contribution in [0, 0.1) is 16.0 Å². The molecule has 3 aliphatic rings. The predicted molar refractivity (Wildman–Crippen MR) is 207 cm³/mol. The van der Waals surface area contributed by atoms with Gasteiger partial charge in [-0.3, -0.25) is 29.5 Å². The number of carbonyl (C=O) groups excluding carboxylic acids is 2. The number of nitro groups is 1. The van der Waals surface area contributed by atoms with Gasteiger partial charge in [-0.05, 0) is 64.2 Å². The minimum Gasteiger partial charge on any atom is -0.392 e. The summed E-state index contributed by atoms with van der Waals surface area (Å²) in [5.74, 6) is -0.545. The Bertz CT molecular complexity index is 2170. The first kappa shape index (κ1) is 36.3. The topological polar surface area (TPSA) is 126 Å². The first-order valence-corrected chi connectivity index (χ1v) is 18.6. The highest BCUT2D eigenvalue weighted by Crippen LogP contribution is 2.42. The van der Waals surface area contributed by atoms with E-state index in [4.69, 9.17) is 9.47 Å². The average molecular weight is 739 g/mol. The Hall–Kier alpha value is -5.72. The molecular formula is C44H42N4O7. The summed E-state index contributed by atoms with van der Waals surface area (Å²) in [7, 11) is 0. The Morgan fingerprint density at radius 3 is 2.04 bits per heavy atom. The van der Waals surface area contributed by atoms with Crippen molar-refractivity contribution in [1.82, 2.24) is 9.80 Å². The molecule has 0 spiro atoms. The van der Waals surface area contributed by atoms with Crippen LogP contribution in [0.3, 0.4) is 0 Å². The fraction of sp³-hybridized carbons (Fsp3) is 0.273. The Morgan fingerprint density at radius 2 is 1.38 bits per heavy atom. The van der Waals surface area contributed by atoms with E-state index in [1.54, 1.807) is 36.4 Å². The van der Waals surface area contributed by atoms with Crippen LogP contribution in [-0.4, -0.2) is 70.5 Å². The van der Waals surface area contributed by atoms with Gasteiger partial charge in [-0.15, -0.1) is 0 Å². The van der Waals surface area contributed by atoms with Gasteiger partial charge in [-0.1, -0.05) is 79.7 Å². The molecule has 0 bridgehead atoms. The van der Waals surface area contributed by atoms with Gasteiger partial charge in [0.1, 0.15) is 0 Å². The zero-order chi connectivity index (χ0) is 38.1. The van der Waals surface area contributed by atoms with Crippen molar-refractivity contribution in [3.05, 3.63) is 165 Å². The number of aliphatic hydroxyl groups is 1. The second-order valence-corrected chi connectivity index (χ2v) is 14.5. The van der Waals surface area contributed by atoms with Gasteiger partial charge in [-0.2, -0.15) is 0 Å². The van der Waals surface area contributed by atoms with Gasteiger partial charge in [0.15, 0.2) is 6.29 Å². The summed E-state index contributed by atoms with van der Waals surface area (Å²) < 4.78 is 13.6. The molecule has 55 heavy (non-hydrogen) atoms. The van der Waals surface area contributed by atoms with E-state index in [2.05, 4.69) is 22.8 Å². The first-order valence-electron chi connectivity index (χ1n) is 18.6. The number of rotatable bonds is 10. The average Bonchev–Trinajstić information content (AvgIpc) is 3.46. The summed E-state index contributed by atoms with van der Waals surface area (Å²) in [4.78, 5) is 42.9. The monoisotopic (exact) mass is 738 g/mol. The second-order valence-electron chi connectivity index (χ2n) is 14.5. The van der Waals surface area contributed by atoms with Gasteiger partial charge in [0.05, 0.1) is 41.4 Å². The van der Waals surface area contributed by atoms with E-state index in [-0.39, 0.29) is 53.7 Å². The third-order valence-corrected chi connectivity index (χ3v) is 11.0. The lowest BCUT2D eigenvalue weighted by atomic mass is 9.89. The molecule has 5 aromatic rings. The molecule has 0 radical (unpaired) electrons. The lowest BCUT2D eigenvalue weighted by Gasteiger charge is -2.44. The SMILES string of the molecule is C[C@H]1[C@@H](CN2CCN(c3ccc([N+](=O)[O-])cc3)CC2)O[C@@H](c2cccc(-c3cccc(CN4C(=O)c5ccccc5C4=O)c3)c2)O[C@H]1c1ccc(CO)cc1. The van der Waals surface area contributed by atoms with Crippen molar-refractivity contribution in [3.8, 4) is 11.1 Å². The molecule has 3 aliphatic heterocycles. The van der Waals surface area contributed by atoms with Gasteiger partial charge in [0.25, 0.3) is 17.5 Å². The Kier molecular flexibility index (Phi) is 10.3. The van der Waals surface area contributed by atoms with Crippen LogP contribution >= 0.6 is 0 Å².